The molecule has 0 aliphatic heterocycles. The maximum Gasteiger partial charge on any atom is 0.294 e. The van der Waals surface area contributed by atoms with Gasteiger partial charge in [0.05, 0.1) is 15.5 Å². The molecule has 2 aromatic carbocycles. The summed E-state index contributed by atoms with van der Waals surface area (Å²) in [6, 6.07) is 14.8. The van der Waals surface area contributed by atoms with Gasteiger partial charge < -0.3 is 0 Å². The first-order chi connectivity index (χ1) is 11.8. The summed E-state index contributed by atoms with van der Waals surface area (Å²) < 4.78 is 85.4. The van der Waals surface area contributed by atoms with Gasteiger partial charge in [0.1, 0.15) is 0 Å². The molecule has 0 fully saturated rings. The zero-order valence-electron chi connectivity index (χ0n) is 13.5. The van der Waals surface area contributed by atoms with E-state index >= 15 is 0 Å². The van der Waals surface area contributed by atoms with Gasteiger partial charge in [-0.05, 0) is 31.2 Å². The van der Waals surface area contributed by atoms with Gasteiger partial charge in [0.2, 0.25) is 0 Å². The average Bonchev–Trinajstić information content (AvgIpc) is 2.55. The average molecular weight is 426 g/mol. The van der Waals surface area contributed by atoms with Crippen LogP contribution in [0.3, 0.4) is 0 Å². The number of rotatable bonds is 3. The van der Waals surface area contributed by atoms with Crippen molar-refractivity contribution >= 4 is 30.4 Å². The van der Waals surface area contributed by atoms with Crippen molar-refractivity contribution in [2.45, 2.75) is 16.7 Å². The van der Waals surface area contributed by atoms with E-state index in [1.807, 2.05) is 0 Å². The molecule has 0 unspecified atom stereocenters. The molecule has 146 valence electrons. The maximum atomic E-state index is 10.4. The van der Waals surface area contributed by atoms with Gasteiger partial charge in [-0.2, -0.15) is 25.3 Å². The van der Waals surface area contributed by atoms with Crippen LogP contribution in [0.15, 0.2) is 70.5 Å². The predicted octanol–water partition coefficient (Wildman–Crippen LogP) is 1.76. The zero-order chi connectivity index (χ0) is 20.4. The largest absolute Gasteiger partial charge is 0.294 e. The first-order valence-corrected chi connectivity index (χ1v) is 11.3. The van der Waals surface area contributed by atoms with E-state index in [-0.39, 0.29) is 15.5 Å². The van der Waals surface area contributed by atoms with Crippen molar-refractivity contribution in [3.05, 3.63) is 60.7 Å². The maximum absolute atomic E-state index is 10.4. The highest BCUT2D eigenvalue weighted by Crippen LogP contribution is 2.05. The highest BCUT2D eigenvalue weighted by Gasteiger charge is 2.06. The van der Waals surface area contributed by atoms with Gasteiger partial charge in [0, 0.05) is 0 Å². The summed E-state index contributed by atoms with van der Waals surface area (Å²) in [5.41, 5.74) is 0. The van der Waals surface area contributed by atoms with E-state index < -0.39 is 30.4 Å². The normalized spacial score (nSPS) is 11.4. The van der Waals surface area contributed by atoms with Crippen LogP contribution in [0.25, 0.3) is 0 Å². The van der Waals surface area contributed by atoms with Crippen molar-refractivity contribution in [3.63, 3.8) is 0 Å². The molecule has 0 heterocycles. The van der Waals surface area contributed by atoms with Gasteiger partial charge in [-0.15, -0.1) is 0 Å². The standard InChI is InChI=1S/2C6H6O3S.C2H6O3S/c2*7-10(8,9)6-4-2-1-3-5-6;1-2-6(3,4)5/h2*1-5H,(H,7,8,9);2H2,1H3,(H,3,4,5). The van der Waals surface area contributed by atoms with E-state index in [2.05, 4.69) is 0 Å². The number of hydrogen-bond acceptors (Lipinski definition) is 6. The quantitative estimate of drug-likeness (QED) is 0.620. The third-order valence-electron chi connectivity index (χ3n) is 2.45. The van der Waals surface area contributed by atoms with Crippen LogP contribution in [-0.2, 0) is 30.4 Å². The van der Waals surface area contributed by atoms with Crippen molar-refractivity contribution in [2.24, 2.45) is 0 Å². The van der Waals surface area contributed by atoms with Crippen LogP contribution >= 0.6 is 0 Å². The topological polar surface area (TPSA) is 163 Å². The Morgan fingerprint density at radius 2 is 0.846 bits per heavy atom. The van der Waals surface area contributed by atoms with Crippen molar-refractivity contribution in [2.75, 3.05) is 5.75 Å². The molecule has 0 amide bonds. The summed E-state index contributed by atoms with van der Waals surface area (Å²) in [6.45, 7) is 1.37. The first-order valence-electron chi connectivity index (χ1n) is 6.77. The summed E-state index contributed by atoms with van der Waals surface area (Å²) in [6.07, 6.45) is 0. The third kappa shape index (κ3) is 11.7. The molecule has 0 aromatic heterocycles. The van der Waals surface area contributed by atoms with Crippen LogP contribution in [0, 0.1) is 0 Å². The Labute approximate surface area is 152 Å². The second-order valence-electron chi connectivity index (χ2n) is 4.45. The van der Waals surface area contributed by atoms with Gasteiger partial charge in [-0.1, -0.05) is 36.4 Å². The summed E-state index contributed by atoms with van der Waals surface area (Å²) in [5.74, 6) is -0.201. The minimum Gasteiger partial charge on any atom is -0.286 e. The Morgan fingerprint density at radius 1 is 0.615 bits per heavy atom. The molecule has 9 nitrogen and oxygen atoms in total. The summed E-state index contributed by atoms with van der Waals surface area (Å²) in [5, 5.41) is 0. The van der Waals surface area contributed by atoms with Crippen LogP contribution in [0.4, 0.5) is 0 Å². The lowest BCUT2D eigenvalue weighted by Gasteiger charge is -1.92. The van der Waals surface area contributed by atoms with Crippen LogP contribution in [0.2, 0.25) is 0 Å². The van der Waals surface area contributed by atoms with Crippen molar-refractivity contribution in [3.8, 4) is 0 Å². The molecule has 0 spiro atoms. The van der Waals surface area contributed by atoms with Gasteiger partial charge >= 0.3 is 0 Å². The summed E-state index contributed by atoms with van der Waals surface area (Å²) in [4.78, 5) is -0.148. The summed E-state index contributed by atoms with van der Waals surface area (Å²) in [7, 11) is -11.7. The Bertz CT molecular complexity index is 899. The number of benzene rings is 2. The van der Waals surface area contributed by atoms with Gasteiger partial charge in [0.25, 0.3) is 30.4 Å². The van der Waals surface area contributed by atoms with Crippen molar-refractivity contribution in [1.82, 2.24) is 0 Å². The lowest BCUT2D eigenvalue weighted by molar-refractivity contribution is 0.481. The lowest BCUT2D eigenvalue weighted by Crippen LogP contribution is -1.97. The molecule has 0 saturated carbocycles. The Kier molecular flexibility index (Phi) is 9.62. The van der Waals surface area contributed by atoms with E-state index in [1.54, 1.807) is 36.4 Å². The molecule has 0 aliphatic rings. The Balaban J connectivity index is 0.000000375. The second-order valence-corrected chi connectivity index (χ2v) is 9.03. The molecule has 0 bridgehead atoms. The van der Waals surface area contributed by atoms with Crippen molar-refractivity contribution in [1.29, 1.82) is 0 Å². The summed E-state index contributed by atoms with van der Waals surface area (Å²) >= 11 is 0. The highest BCUT2D eigenvalue weighted by atomic mass is 32.2. The molecular weight excluding hydrogens is 408 g/mol. The van der Waals surface area contributed by atoms with E-state index in [0.717, 1.165) is 0 Å². The monoisotopic (exact) mass is 426 g/mol. The molecule has 0 radical (unpaired) electrons. The minimum atomic E-state index is -4.00. The Morgan fingerprint density at radius 3 is 0.962 bits per heavy atom. The predicted molar refractivity (Wildman–Crippen MR) is 94.6 cm³/mol. The molecule has 3 N–H and O–H groups in total. The molecule has 12 heteroatoms. The van der Waals surface area contributed by atoms with E-state index in [1.165, 1.54) is 31.2 Å². The third-order valence-corrected chi connectivity index (χ3v) is 4.91. The van der Waals surface area contributed by atoms with Gasteiger partial charge in [-0.3, -0.25) is 13.7 Å². The fourth-order valence-electron chi connectivity index (χ4n) is 1.18. The molecule has 0 aliphatic carbocycles. The minimum absolute atomic E-state index is 0.0741. The molecule has 2 rings (SSSR count). The fourth-order valence-corrected chi connectivity index (χ4v) is 2.19. The number of hydrogen-bond donors (Lipinski definition) is 3. The molecular formula is C14H18O9S3. The first kappa shape index (κ1) is 24.2. The highest BCUT2D eigenvalue weighted by molar-refractivity contribution is 7.86. The Hall–Kier alpha value is -1.83. The second kappa shape index (κ2) is 10.4. The molecule has 26 heavy (non-hydrogen) atoms. The van der Waals surface area contributed by atoms with E-state index in [4.69, 9.17) is 13.7 Å². The lowest BCUT2D eigenvalue weighted by atomic mass is 10.4. The van der Waals surface area contributed by atoms with E-state index in [0.29, 0.717) is 0 Å². The van der Waals surface area contributed by atoms with Gasteiger partial charge in [-0.25, -0.2) is 0 Å². The SMILES string of the molecule is CCS(=O)(=O)O.O=S(=O)(O)c1ccccc1.O=S(=O)(O)c1ccccc1. The van der Waals surface area contributed by atoms with Crippen LogP contribution in [0.1, 0.15) is 6.92 Å². The molecule has 0 atom stereocenters. The van der Waals surface area contributed by atoms with Crippen LogP contribution in [0.5, 0.6) is 0 Å². The van der Waals surface area contributed by atoms with Crippen molar-refractivity contribution < 1.29 is 38.9 Å². The zero-order valence-corrected chi connectivity index (χ0v) is 15.9. The molecule has 0 saturated heterocycles. The molecule has 2 aromatic rings. The van der Waals surface area contributed by atoms with Crippen LogP contribution in [-0.4, -0.2) is 44.7 Å². The van der Waals surface area contributed by atoms with Gasteiger partial charge in [0.15, 0.2) is 0 Å². The smallest absolute Gasteiger partial charge is 0.286 e. The van der Waals surface area contributed by atoms with E-state index in [9.17, 15) is 25.3 Å². The van der Waals surface area contributed by atoms with Crippen LogP contribution < -0.4 is 0 Å². The fraction of sp³-hybridized carbons (Fsp3) is 0.143.